The average Bonchev–Trinajstić information content (AvgIpc) is 2.42. The van der Waals surface area contributed by atoms with Gasteiger partial charge in [0.2, 0.25) is 0 Å². The van der Waals surface area contributed by atoms with Crippen molar-refractivity contribution >= 4 is 15.9 Å². The fourth-order valence-electron chi connectivity index (χ4n) is 3.16. The van der Waals surface area contributed by atoms with Gasteiger partial charge in [-0.2, -0.15) is 5.26 Å². The molecule has 0 spiro atoms. The highest BCUT2D eigenvalue weighted by molar-refractivity contribution is 9.10. The molecule has 1 fully saturated rings. The Morgan fingerprint density at radius 1 is 1.20 bits per heavy atom. The van der Waals surface area contributed by atoms with E-state index in [0.717, 1.165) is 35.0 Å². The smallest absolute Gasteiger partial charge is 0.122 e. The molecule has 1 saturated carbocycles. The van der Waals surface area contributed by atoms with E-state index >= 15 is 0 Å². The second-order valence-corrected chi connectivity index (χ2v) is 6.71. The highest BCUT2D eigenvalue weighted by Gasteiger charge is 2.31. The van der Waals surface area contributed by atoms with Crippen LogP contribution >= 0.6 is 15.9 Å². The van der Waals surface area contributed by atoms with E-state index in [4.69, 9.17) is 4.74 Å². The molecule has 0 amide bonds. The van der Waals surface area contributed by atoms with E-state index in [1.807, 2.05) is 12.1 Å². The molecule has 1 aromatic carbocycles. The number of ether oxygens (including phenoxy) is 1. The number of hydrogen-bond donors (Lipinski definition) is 0. The molecule has 0 saturated heterocycles. The van der Waals surface area contributed by atoms with Crippen LogP contribution in [0.15, 0.2) is 22.7 Å². The van der Waals surface area contributed by atoms with Crippen molar-refractivity contribution in [3.05, 3.63) is 28.2 Å². The van der Waals surface area contributed by atoms with Gasteiger partial charge >= 0.3 is 0 Å². The number of nitriles is 1. The van der Waals surface area contributed by atoms with E-state index in [2.05, 4.69) is 28.1 Å². The third kappa shape index (κ3) is 3.76. The van der Waals surface area contributed by atoms with Gasteiger partial charge in [-0.1, -0.05) is 48.0 Å². The van der Waals surface area contributed by atoms with E-state index in [-0.39, 0.29) is 5.41 Å². The molecule has 0 aromatic heterocycles. The van der Waals surface area contributed by atoms with Crippen molar-refractivity contribution in [2.45, 2.75) is 51.4 Å². The first-order valence-corrected chi connectivity index (χ1v) is 8.22. The van der Waals surface area contributed by atoms with Gasteiger partial charge in [-0.15, -0.1) is 0 Å². The zero-order valence-electron chi connectivity index (χ0n) is 12.1. The zero-order chi connectivity index (χ0) is 14.4. The lowest BCUT2D eigenvalue weighted by Gasteiger charge is -2.29. The summed E-state index contributed by atoms with van der Waals surface area (Å²) >= 11 is 3.52. The lowest BCUT2D eigenvalue weighted by atomic mass is 9.73. The van der Waals surface area contributed by atoms with Gasteiger partial charge in [-0.25, -0.2) is 0 Å². The summed E-state index contributed by atoms with van der Waals surface area (Å²) in [5.74, 6) is 0.893. The lowest BCUT2D eigenvalue weighted by molar-refractivity contribution is 0.283. The van der Waals surface area contributed by atoms with Crippen LogP contribution in [-0.4, -0.2) is 7.11 Å². The fraction of sp³-hybridized carbons (Fsp3) is 0.588. The van der Waals surface area contributed by atoms with Crippen molar-refractivity contribution in [2.75, 3.05) is 7.11 Å². The molecule has 3 heteroatoms. The third-order valence-corrected chi connectivity index (χ3v) is 4.81. The summed E-state index contributed by atoms with van der Waals surface area (Å²) in [6.45, 7) is 0. The van der Waals surface area contributed by atoms with E-state index in [1.54, 1.807) is 7.11 Å². The quantitative estimate of drug-likeness (QED) is 0.755. The molecular formula is C17H22BrNO. The third-order valence-electron chi connectivity index (χ3n) is 4.32. The fourth-order valence-corrected chi connectivity index (χ4v) is 3.57. The molecule has 0 unspecified atom stereocenters. The Labute approximate surface area is 130 Å². The number of hydrogen-bond acceptors (Lipinski definition) is 2. The van der Waals surface area contributed by atoms with Gasteiger partial charge in [-0.3, -0.25) is 0 Å². The van der Waals surface area contributed by atoms with Crippen molar-refractivity contribution in [1.29, 1.82) is 5.26 Å². The second kappa shape index (κ2) is 7.13. The largest absolute Gasteiger partial charge is 0.496 e. The summed E-state index contributed by atoms with van der Waals surface area (Å²) in [6, 6.07) is 8.69. The zero-order valence-corrected chi connectivity index (χ0v) is 13.7. The number of benzene rings is 1. The van der Waals surface area contributed by atoms with Crippen LogP contribution < -0.4 is 4.74 Å². The van der Waals surface area contributed by atoms with Gasteiger partial charge in [0.05, 0.1) is 18.6 Å². The molecule has 108 valence electrons. The second-order valence-electron chi connectivity index (χ2n) is 5.79. The Hall–Kier alpha value is -1.01. The number of halogens is 1. The van der Waals surface area contributed by atoms with E-state index < -0.39 is 0 Å². The highest BCUT2D eigenvalue weighted by Crippen LogP contribution is 2.39. The molecular weight excluding hydrogens is 314 g/mol. The molecule has 0 bridgehead atoms. The first-order chi connectivity index (χ1) is 9.69. The van der Waals surface area contributed by atoms with E-state index in [1.165, 1.54) is 32.1 Å². The summed E-state index contributed by atoms with van der Waals surface area (Å²) in [7, 11) is 1.70. The van der Waals surface area contributed by atoms with Crippen molar-refractivity contribution in [2.24, 2.45) is 5.41 Å². The number of rotatable bonds is 3. The predicted molar refractivity (Wildman–Crippen MR) is 84.8 cm³/mol. The Kier molecular flexibility index (Phi) is 5.48. The molecule has 20 heavy (non-hydrogen) atoms. The first-order valence-electron chi connectivity index (χ1n) is 7.43. The van der Waals surface area contributed by atoms with Crippen molar-refractivity contribution in [3.63, 3.8) is 0 Å². The SMILES string of the molecule is COc1ccc(Br)cc1CC1(C#N)CCCCCCC1. The maximum Gasteiger partial charge on any atom is 0.122 e. The standard InChI is InChI=1S/C17H22BrNO/c1-20-16-8-7-15(18)11-14(16)12-17(13-19)9-5-3-2-4-6-10-17/h7-8,11H,2-6,9-10,12H2,1H3. The molecule has 0 atom stereocenters. The molecule has 1 aliphatic carbocycles. The topological polar surface area (TPSA) is 33.0 Å². The van der Waals surface area contributed by atoms with E-state index in [9.17, 15) is 5.26 Å². The van der Waals surface area contributed by atoms with Crippen molar-refractivity contribution in [3.8, 4) is 11.8 Å². The Balaban J connectivity index is 2.24. The van der Waals surface area contributed by atoms with Crippen LogP contribution in [-0.2, 0) is 6.42 Å². The van der Waals surface area contributed by atoms with Gasteiger partial charge in [0.25, 0.3) is 0 Å². The monoisotopic (exact) mass is 335 g/mol. The van der Waals surface area contributed by atoms with E-state index in [0.29, 0.717) is 0 Å². The molecule has 0 N–H and O–H groups in total. The summed E-state index contributed by atoms with van der Waals surface area (Å²) < 4.78 is 6.51. The lowest BCUT2D eigenvalue weighted by Crippen LogP contribution is -2.23. The van der Waals surface area contributed by atoms with Crippen LogP contribution in [0, 0.1) is 16.7 Å². The molecule has 0 aliphatic heterocycles. The minimum Gasteiger partial charge on any atom is -0.496 e. The molecule has 2 rings (SSSR count). The molecule has 1 aliphatic rings. The van der Waals surface area contributed by atoms with Gasteiger partial charge in [0.1, 0.15) is 5.75 Å². The van der Waals surface area contributed by atoms with Crippen LogP contribution in [0.25, 0.3) is 0 Å². The Morgan fingerprint density at radius 3 is 2.45 bits per heavy atom. The molecule has 0 radical (unpaired) electrons. The van der Waals surface area contributed by atoms with Gasteiger partial charge in [-0.05, 0) is 43.0 Å². The van der Waals surface area contributed by atoms with Crippen LogP contribution in [0.3, 0.4) is 0 Å². The predicted octanol–water partition coefficient (Wildman–Crippen LogP) is 5.25. The molecule has 2 nitrogen and oxygen atoms in total. The Morgan fingerprint density at radius 2 is 1.85 bits per heavy atom. The Bertz CT molecular complexity index is 484. The first kappa shape index (κ1) is 15.4. The maximum atomic E-state index is 9.75. The number of methoxy groups -OCH3 is 1. The molecule has 0 heterocycles. The molecule has 1 aromatic rings. The van der Waals surface area contributed by atoms with Crippen LogP contribution in [0.1, 0.15) is 50.5 Å². The van der Waals surface area contributed by atoms with Crippen molar-refractivity contribution in [1.82, 2.24) is 0 Å². The summed E-state index contributed by atoms with van der Waals surface area (Å²) in [5.41, 5.74) is 0.929. The van der Waals surface area contributed by atoms with Crippen LogP contribution in [0.2, 0.25) is 0 Å². The maximum absolute atomic E-state index is 9.75. The minimum atomic E-state index is -0.214. The van der Waals surface area contributed by atoms with Gasteiger partial charge in [0, 0.05) is 4.47 Å². The minimum absolute atomic E-state index is 0.214. The van der Waals surface area contributed by atoms with Crippen LogP contribution in [0.4, 0.5) is 0 Å². The summed E-state index contributed by atoms with van der Waals surface area (Å²) in [5, 5.41) is 9.75. The average molecular weight is 336 g/mol. The van der Waals surface area contributed by atoms with Gasteiger partial charge < -0.3 is 4.74 Å². The van der Waals surface area contributed by atoms with Crippen LogP contribution in [0.5, 0.6) is 5.75 Å². The normalized spacial score (nSPS) is 18.6. The highest BCUT2D eigenvalue weighted by atomic mass is 79.9. The summed E-state index contributed by atoms with van der Waals surface area (Å²) in [4.78, 5) is 0. The number of nitrogens with zero attached hydrogens (tertiary/aromatic N) is 1. The van der Waals surface area contributed by atoms with Crippen molar-refractivity contribution < 1.29 is 4.74 Å². The van der Waals surface area contributed by atoms with Gasteiger partial charge in [0.15, 0.2) is 0 Å². The summed E-state index contributed by atoms with van der Waals surface area (Å²) in [6.07, 6.45) is 9.01.